The van der Waals surface area contributed by atoms with E-state index in [-0.39, 0.29) is 47.3 Å². The minimum atomic E-state index is -0.451. The van der Waals surface area contributed by atoms with Gasteiger partial charge in [-0.15, -0.1) is 0 Å². The molecule has 18 heteroatoms. The van der Waals surface area contributed by atoms with Crippen LogP contribution in [0.4, 0.5) is 14.4 Å². The summed E-state index contributed by atoms with van der Waals surface area (Å²) in [5.74, 6) is 2.66. The monoisotopic (exact) mass is 1110 g/mol. The van der Waals surface area contributed by atoms with E-state index in [0.29, 0.717) is 68.2 Å². The first kappa shape index (κ1) is 73.3. The number of halogens is 1. The van der Waals surface area contributed by atoms with Gasteiger partial charge in [-0.1, -0.05) is 34.6 Å². The van der Waals surface area contributed by atoms with Crippen molar-refractivity contribution < 1.29 is 47.8 Å². The molecular formula is C59H112ClN7O10. The summed E-state index contributed by atoms with van der Waals surface area (Å²) >= 11 is 4.64. The van der Waals surface area contributed by atoms with E-state index < -0.39 is 16.8 Å². The fourth-order valence-electron chi connectivity index (χ4n) is 10.7. The third-order valence-corrected chi connectivity index (χ3v) is 14.4. The molecule has 4 heterocycles. The van der Waals surface area contributed by atoms with E-state index in [9.17, 15) is 33.6 Å². The largest absolute Gasteiger partial charge is 0.444 e. The highest BCUT2D eigenvalue weighted by molar-refractivity contribution is 6.62. The number of hydrogen-bond donors (Lipinski definition) is 2. The van der Waals surface area contributed by atoms with Gasteiger partial charge in [-0.05, 0) is 196 Å². The molecule has 4 rings (SSSR count). The predicted molar refractivity (Wildman–Crippen MR) is 311 cm³/mol. The summed E-state index contributed by atoms with van der Waals surface area (Å²) in [6.45, 7) is 45.5. The van der Waals surface area contributed by atoms with Gasteiger partial charge in [0.2, 0.25) is 17.1 Å². The second-order valence-corrected chi connectivity index (χ2v) is 24.4. The van der Waals surface area contributed by atoms with Gasteiger partial charge < -0.3 is 49.3 Å². The number of ether oxygens (including phenoxy) is 3. The zero-order valence-corrected chi connectivity index (χ0v) is 52.8. The van der Waals surface area contributed by atoms with E-state index >= 15 is 0 Å². The number of ketones is 1. The molecular weight excluding hydrogens is 1000 g/mol. The number of rotatable bonds is 14. The summed E-state index contributed by atoms with van der Waals surface area (Å²) < 4.78 is 16.1. The topological polar surface area (TPSA) is 187 Å². The Balaban J connectivity index is 0.000000983. The van der Waals surface area contributed by atoms with Gasteiger partial charge in [-0.25, -0.2) is 14.4 Å². The highest BCUT2D eigenvalue weighted by Gasteiger charge is 2.34. The van der Waals surface area contributed by atoms with Gasteiger partial charge in [0.15, 0.2) is 0 Å². The van der Waals surface area contributed by atoms with E-state index in [1.807, 2.05) is 90.9 Å². The van der Waals surface area contributed by atoms with Gasteiger partial charge in [0.05, 0.1) is 0 Å². The van der Waals surface area contributed by atoms with Gasteiger partial charge in [0.25, 0.3) is 0 Å². The molecule has 0 radical (unpaired) electrons. The van der Waals surface area contributed by atoms with Crippen molar-refractivity contribution in [2.75, 3.05) is 72.0 Å². The molecule has 0 aromatic heterocycles. The first-order valence-electron chi connectivity index (χ1n) is 29.4. The number of likely N-dealkylation sites (tertiary alicyclic amines) is 3. The Labute approximate surface area is 473 Å². The number of nitrogens with zero attached hydrogens (tertiary/aromatic N) is 5. The molecule has 4 fully saturated rings. The van der Waals surface area contributed by atoms with Crippen LogP contribution in [0, 0.1) is 23.7 Å². The minimum Gasteiger partial charge on any atom is -0.444 e. The zero-order chi connectivity index (χ0) is 59.3. The smallest absolute Gasteiger partial charge is 0.410 e. The Morgan fingerprint density at radius 3 is 1.09 bits per heavy atom. The van der Waals surface area contributed by atoms with Crippen LogP contribution < -0.4 is 10.6 Å². The van der Waals surface area contributed by atoms with Crippen molar-refractivity contribution in [1.29, 1.82) is 0 Å². The maximum atomic E-state index is 12.1. The standard InChI is InChI=1S/C17H32N2O3.C15H30N2O2.C13H23NO3.C12H24N2O.C2H3ClO/c1-7-15(19(8-2)13(3)20)14-9-11-18(12-10-14)16(21)22-17(4,5)6;1-6-13(16-7-2)12-8-10-17(11-9-12)14(18)19-15(3,4)5;1-5-11(15)10-6-8-14(9-7-10)12(16)17-13(2,3)4;1-4-12(14(5-2)10(3)15)11-6-8-13-9-7-11;1-2(3)4/h14-15H,7-12H2,1-6H3;12-13,16H,6-11H2,1-5H3;10H,5-9H2,1-4H3;11-13H,4-9H2,1-3H3;1H3. The van der Waals surface area contributed by atoms with E-state index in [4.69, 9.17) is 14.2 Å². The van der Waals surface area contributed by atoms with Crippen LogP contribution in [-0.4, -0.2) is 173 Å². The van der Waals surface area contributed by atoms with E-state index in [1.54, 1.807) is 23.6 Å². The lowest BCUT2D eigenvalue weighted by Gasteiger charge is -2.40. The SMILES string of the molecule is CC(=O)Cl.CCC(=O)C1CCN(C(=O)OC(C)(C)C)CC1.CCC(C1CCN(C(=O)OC(C)(C)C)CC1)N(CC)C(C)=O.CCC(C1CCNCC1)N(CC)C(C)=O.CCNC(CC)C1CCN(C(=O)OC(C)(C)C)CC1. The van der Waals surface area contributed by atoms with Gasteiger partial charge in [-0.2, -0.15) is 0 Å². The average molecular weight is 1120 g/mol. The minimum absolute atomic E-state index is 0.138. The molecule has 0 aromatic rings. The zero-order valence-electron chi connectivity index (χ0n) is 52.0. The molecule has 17 nitrogen and oxygen atoms in total. The summed E-state index contributed by atoms with van der Waals surface area (Å²) in [5, 5.41) is 6.56. The molecule has 4 aliphatic rings. The Morgan fingerprint density at radius 1 is 0.519 bits per heavy atom. The quantitative estimate of drug-likeness (QED) is 0.124. The van der Waals surface area contributed by atoms with Crippen molar-refractivity contribution in [1.82, 2.24) is 35.1 Å². The molecule has 0 aliphatic carbocycles. The highest BCUT2D eigenvalue weighted by atomic mass is 35.5. The lowest BCUT2D eigenvalue weighted by Crippen LogP contribution is -2.48. The van der Waals surface area contributed by atoms with Crippen molar-refractivity contribution in [3.63, 3.8) is 0 Å². The van der Waals surface area contributed by atoms with E-state index in [2.05, 4.69) is 56.9 Å². The van der Waals surface area contributed by atoms with Crippen LogP contribution in [-0.2, 0) is 33.4 Å². The van der Waals surface area contributed by atoms with Crippen molar-refractivity contribution in [2.45, 2.75) is 244 Å². The molecule has 0 bridgehead atoms. The maximum Gasteiger partial charge on any atom is 0.410 e. The number of amides is 5. The van der Waals surface area contributed by atoms with Crippen LogP contribution in [0.1, 0.15) is 209 Å². The molecule has 3 atom stereocenters. The fraction of sp³-hybridized carbons (Fsp3) is 0.881. The molecule has 77 heavy (non-hydrogen) atoms. The Kier molecular flexibility index (Phi) is 35.5. The fourth-order valence-corrected chi connectivity index (χ4v) is 10.7. The van der Waals surface area contributed by atoms with Gasteiger partial charge in [0, 0.05) is 104 Å². The second kappa shape index (κ2) is 37.3. The van der Waals surface area contributed by atoms with Crippen LogP contribution in [0.2, 0.25) is 0 Å². The third kappa shape index (κ3) is 30.5. The molecule has 4 saturated heterocycles. The number of hydrogen-bond acceptors (Lipinski definition) is 12. The predicted octanol–water partition coefficient (Wildman–Crippen LogP) is 11.3. The summed E-state index contributed by atoms with van der Waals surface area (Å²) in [6, 6.07) is 1.32. The van der Waals surface area contributed by atoms with Crippen LogP contribution >= 0.6 is 11.6 Å². The van der Waals surface area contributed by atoms with Crippen LogP contribution in [0.3, 0.4) is 0 Å². The highest BCUT2D eigenvalue weighted by Crippen LogP contribution is 2.29. The lowest BCUT2D eigenvalue weighted by atomic mass is 9.87. The number of carbonyl (C=O) groups is 7. The number of Topliss-reactive ketones (excluding diaryl/α,β-unsaturated/α-hetero) is 1. The molecule has 450 valence electrons. The summed E-state index contributed by atoms with van der Waals surface area (Å²) in [5.41, 5.74) is -1.30. The first-order valence-corrected chi connectivity index (χ1v) is 29.8. The Morgan fingerprint density at radius 2 is 0.831 bits per heavy atom. The number of carbonyl (C=O) groups excluding carboxylic acids is 7. The Hall–Kier alpha value is -3.70. The number of piperidine rings is 4. The van der Waals surface area contributed by atoms with Gasteiger partial charge >= 0.3 is 18.3 Å². The average Bonchev–Trinajstić information content (AvgIpc) is 3.35. The van der Waals surface area contributed by atoms with E-state index in [1.165, 1.54) is 19.8 Å². The maximum absolute atomic E-state index is 12.1. The normalized spacial score (nSPS) is 18.1. The summed E-state index contributed by atoms with van der Waals surface area (Å²) in [4.78, 5) is 89.3. The van der Waals surface area contributed by atoms with Crippen LogP contribution in [0.5, 0.6) is 0 Å². The van der Waals surface area contributed by atoms with Crippen LogP contribution in [0.15, 0.2) is 0 Å². The molecule has 2 N–H and O–H groups in total. The molecule has 3 unspecified atom stereocenters. The summed E-state index contributed by atoms with van der Waals surface area (Å²) in [6.07, 6.45) is 11.1. The lowest BCUT2D eigenvalue weighted by molar-refractivity contribution is -0.133. The Bertz CT molecular complexity index is 1720. The molecule has 0 saturated carbocycles. The van der Waals surface area contributed by atoms with Crippen molar-refractivity contribution >= 4 is 52.7 Å². The molecule has 4 aliphatic heterocycles. The number of nitrogens with one attached hydrogen (secondary N) is 2. The molecule has 5 amide bonds. The van der Waals surface area contributed by atoms with Crippen molar-refractivity contribution in [2.24, 2.45) is 23.7 Å². The third-order valence-electron chi connectivity index (χ3n) is 14.4. The first-order chi connectivity index (χ1) is 35.8. The van der Waals surface area contributed by atoms with Crippen LogP contribution in [0.25, 0.3) is 0 Å². The van der Waals surface area contributed by atoms with Gasteiger partial charge in [-0.3, -0.25) is 19.2 Å². The van der Waals surface area contributed by atoms with Crippen molar-refractivity contribution in [3.8, 4) is 0 Å². The van der Waals surface area contributed by atoms with Gasteiger partial charge in [0.1, 0.15) is 22.6 Å². The summed E-state index contributed by atoms with van der Waals surface area (Å²) in [7, 11) is 0. The van der Waals surface area contributed by atoms with Crippen molar-refractivity contribution in [3.05, 3.63) is 0 Å². The second-order valence-electron chi connectivity index (χ2n) is 23.9. The molecule has 0 aromatic carbocycles. The molecule has 0 spiro atoms. The van der Waals surface area contributed by atoms with E-state index in [0.717, 1.165) is 104 Å².